The number of benzene rings is 4. The average molecular weight is 619 g/mol. The Kier molecular flexibility index (Phi) is 7.56. The minimum Gasteiger partial charge on any atom is -0.284 e. The highest BCUT2D eigenvalue weighted by Gasteiger charge is 2.42. The monoisotopic (exact) mass is 618 g/mol. The van der Waals surface area contributed by atoms with Gasteiger partial charge in [-0.25, -0.2) is 0 Å². The van der Waals surface area contributed by atoms with Gasteiger partial charge in [0.25, 0.3) is 10.0 Å². The molecule has 1 aliphatic heterocycles. The Labute approximate surface area is 262 Å². The van der Waals surface area contributed by atoms with Gasteiger partial charge in [-0.15, -0.1) is 15.7 Å². The van der Waals surface area contributed by atoms with Gasteiger partial charge in [-0.1, -0.05) is 91.7 Å². The Morgan fingerprint density at radius 3 is 2.20 bits per heavy atom. The number of sulfonamides is 1. The molecule has 44 heavy (non-hydrogen) atoms. The molecule has 0 N–H and O–H groups in total. The van der Waals surface area contributed by atoms with Crippen molar-refractivity contribution in [2.24, 2.45) is 21.3 Å². The van der Waals surface area contributed by atoms with E-state index in [2.05, 4.69) is 47.5 Å². The smallest absolute Gasteiger partial charge is 0.284 e. The van der Waals surface area contributed by atoms with Gasteiger partial charge in [0, 0.05) is 22.7 Å². The highest BCUT2D eigenvalue weighted by atomic mass is 32.2. The Hall–Kier alpha value is -4.27. The van der Waals surface area contributed by atoms with E-state index in [0.717, 1.165) is 35.5 Å². The van der Waals surface area contributed by atoms with Crippen molar-refractivity contribution in [3.8, 4) is 16.9 Å². The molecular formula is C36H34N4O2S2. The zero-order valence-corrected chi connectivity index (χ0v) is 26.4. The zero-order valence-electron chi connectivity index (χ0n) is 24.7. The molecule has 1 aliphatic carbocycles. The van der Waals surface area contributed by atoms with Crippen LogP contribution in [0.3, 0.4) is 0 Å². The number of rotatable bonds is 6. The van der Waals surface area contributed by atoms with Crippen LogP contribution in [-0.4, -0.2) is 18.7 Å². The number of hydrogen-bond acceptors (Lipinski definition) is 5. The lowest BCUT2D eigenvalue weighted by Crippen LogP contribution is -2.30. The SMILES string of the molecule is Cc1ccc(C2C3CCCC(C)C3=NN2c2ccc(S(=O)(=O)/N=c3\scc(-c4ccccc4)n3-c3ccccc3)cc2)cc1. The second-order valence-corrected chi connectivity index (χ2v) is 14.1. The van der Waals surface area contributed by atoms with Crippen molar-refractivity contribution in [2.45, 2.75) is 44.0 Å². The van der Waals surface area contributed by atoms with Crippen molar-refractivity contribution in [2.75, 3.05) is 5.01 Å². The Bertz CT molecular complexity index is 1980. The number of thiazole rings is 1. The van der Waals surface area contributed by atoms with Crippen molar-refractivity contribution in [1.29, 1.82) is 0 Å². The molecule has 4 aromatic carbocycles. The maximum atomic E-state index is 13.7. The van der Waals surface area contributed by atoms with E-state index in [1.54, 1.807) is 12.1 Å². The van der Waals surface area contributed by atoms with Crippen LogP contribution in [0.4, 0.5) is 5.69 Å². The lowest BCUT2D eigenvalue weighted by molar-refractivity contribution is 0.431. The van der Waals surface area contributed by atoms with E-state index in [0.29, 0.717) is 16.6 Å². The Morgan fingerprint density at radius 1 is 0.818 bits per heavy atom. The van der Waals surface area contributed by atoms with Gasteiger partial charge in [-0.2, -0.15) is 13.5 Å². The fraction of sp³-hybridized carbons (Fsp3) is 0.222. The number of nitrogens with zero attached hydrogens (tertiary/aromatic N) is 4. The summed E-state index contributed by atoms with van der Waals surface area (Å²) in [4.78, 5) is 0.544. The molecule has 0 amide bonds. The summed E-state index contributed by atoms with van der Waals surface area (Å²) in [6, 6.07) is 35.5. The van der Waals surface area contributed by atoms with Gasteiger partial charge in [0.2, 0.25) is 4.80 Å². The number of anilines is 1. The van der Waals surface area contributed by atoms with Gasteiger partial charge in [-0.05, 0) is 73.2 Å². The molecular weight excluding hydrogens is 585 g/mol. The average Bonchev–Trinajstić information content (AvgIpc) is 3.65. The third kappa shape index (κ3) is 5.33. The molecule has 1 fully saturated rings. The van der Waals surface area contributed by atoms with E-state index in [9.17, 15) is 8.42 Å². The van der Waals surface area contributed by atoms with Gasteiger partial charge >= 0.3 is 0 Å². The number of aromatic nitrogens is 1. The maximum Gasteiger partial charge on any atom is 0.285 e. The van der Waals surface area contributed by atoms with Crippen LogP contribution in [0.5, 0.6) is 0 Å². The summed E-state index contributed by atoms with van der Waals surface area (Å²) in [5.74, 6) is 0.791. The van der Waals surface area contributed by atoms with Gasteiger partial charge in [0.1, 0.15) is 0 Å². The minimum atomic E-state index is -3.99. The normalized spacial score (nSPS) is 20.4. The van der Waals surface area contributed by atoms with Gasteiger partial charge in [-0.3, -0.25) is 9.58 Å². The second-order valence-electron chi connectivity index (χ2n) is 11.7. The summed E-state index contributed by atoms with van der Waals surface area (Å²) in [5, 5.41) is 9.22. The highest BCUT2D eigenvalue weighted by molar-refractivity contribution is 7.90. The summed E-state index contributed by atoms with van der Waals surface area (Å²) in [5.41, 5.74) is 7.32. The third-order valence-electron chi connectivity index (χ3n) is 8.71. The third-order valence-corrected chi connectivity index (χ3v) is 10.9. The van der Waals surface area contributed by atoms with Crippen molar-refractivity contribution in [1.82, 2.24) is 4.57 Å². The Morgan fingerprint density at radius 2 is 1.50 bits per heavy atom. The summed E-state index contributed by atoms with van der Waals surface area (Å²) < 4.78 is 33.7. The maximum absolute atomic E-state index is 13.7. The van der Waals surface area contributed by atoms with Crippen molar-refractivity contribution in [3.05, 3.63) is 131 Å². The molecule has 8 heteroatoms. The molecule has 2 heterocycles. The minimum absolute atomic E-state index is 0.0906. The summed E-state index contributed by atoms with van der Waals surface area (Å²) in [6.45, 7) is 4.37. The summed E-state index contributed by atoms with van der Waals surface area (Å²) in [7, 11) is -3.99. The first-order chi connectivity index (χ1) is 21.4. The molecule has 1 saturated carbocycles. The predicted octanol–water partition coefficient (Wildman–Crippen LogP) is 8.16. The van der Waals surface area contributed by atoms with E-state index < -0.39 is 10.0 Å². The molecule has 7 rings (SSSR count). The predicted molar refractivity (Wildman–Crippen MR) is 179 cm³/mol. The number of hydrogen-bond donors (Lipinski definition) is 0. The van der Waals surface area contributed by atoms with Crippen LogP contribution >= 0.6 is 11.3 Å². The fourth-order valence-electron chi connectivity index (χ4n) is 6.45. The standard InChI is InChI=1S/C36H34N4O2S2/c1-25-16-18-28(19-17-25)35-32-15-9-10-26(2)34(32)37-40(35)30-20-22-31(23-21-30)44(41,42)38-36-39(29-13-7-4-8-14-29)33(24-43-36)27-11-5-3-6-12-27/h3-8,11-14,16-24,26,32,35H,9-10,15H2,1-2H3/b38-36-. The fourth-order valence-corrected chi connectivity index (χ4v) is 8.56. The van der Waals surface area contributed by atoms with Crippen LogP contribution in [0.1, 0.15) is 43.4 Å². The van der Waals surface area contributed by atoms with Gasteiger partial charge in [0.15, 0.2) is 0 Å². The first kappa shape index (κ1) is 28.5. The molecule has 0 bridgehead atoms. The molecule has 0 saturated heterocycles. The first-order valence-electron chi connectivity index (χ1n) is 15.1. The van der Waals surface area contributed by atoms with E-state index >= 15 is 0 Å². The molecule has 2 aliphatic rings. The van der Waals surface area contributed by atoms with Crippen LogP contribution in [0.25, 0.3) is 16.9 Å². The number of para-hydroxylation sites is 1. The van der Waals surface area contributed by atoms with Crippen LogP contribution in [0.2, 0.25) is 0 Å². The lowest BCUT2D eigenvalue weighted by Gasteiger charge is -2.31. The molecule has 1 aromatic heterocycles. The van der Waals surface area contributed by atoms with Crippen LogP contribution in [-0.2, 0) is 10.0 Å². The van der Waals surface area contributed by atoms with Crippen LogP contribution in [0, 0.1) is 18.8 Å². The molecule has 0 spiro atoms. The van der Waals surface area contributed by atoms with Crippen molar-refractivity contribution >= 4 is 32.8 Å². The number of hydrazone groups is 1. The summed E-state index contributed by atoms with van der Waals surface area (Å²) in [6.07, 6.45) is 3.45. The van der Waals surface area contributed by atoms with E-state index in [1.807, 2.05) is 82.7 Å². The lowest BCUT2D eigenvalue weighted by atomic mass is 9.76. The van der Waals surface area contributed by atoms with Crippen molar-refractivity contribution in [3.63, 3.8) is 0 Å². The zero-order chi connectivity index (χ0) is 30.3. The highest BCUT2D eigenvalue weighted by Crippen LogP contribution is 2.46. The molecule has 3 atom stereocenters. The van der Waals surface area contributed by atoms with Crippen LogP contribution in [0.15, 0.2) is 129 Å². The number of aryl methyl sites for hydroxylation is 1. The van der Waals surface area contributed by atoms with Crippen LogP contribution < -0.4 is 9.81 Å². The van der Waals surface area contributed by atoms with Crippen molar-refractivity contribution < 1.29 is 8.42 Å². The molecule has 6 nitrogen and oxygen atoms in total. The molecule has 3 unspecified atom stereocenters. The number of fused-ring (bicyclic) bond motifs is 1. The van der Waals surface area contributed by atoms with E-state index in [-0.39, 0.29) is 10.9 Å². The Balaban J connectivity index is 1.26. The van der Waals surface area contributed by atoms with Gasteiger partial charge < -0.3 is 0 Å². The second kappa shape index (κ2) is 11.7. The largest absolute Gasteiger partial charge is 0.285 e. The topological polar surface area (TPSA) is 67.0 Å². The first-order valence-corrected chi connectivity index (χ1v) is 17.4. The summed E-state index contributed by atoms with van der Waals surface area (Å²) >= 11 is 1.31. The van der Waals surface area contributed by atoms with E-state index in [4.69, 9.17) is 5.10 Å². The molecule has 222 valence electrons. The quantitative estimate of drug-likeness (QED) is 0.193. The van der Waals surface area contributed by atoms with E-state index in [1.165, 1.54) is 34.6 Å². The molecule has 0 radical (unpaired) electrons. The van der Waals surface area contributed by atoms with Gasteiger partial charge in [0.05, 0.1) is 22.3 Å². The molecule has 5 aromatic rings.